The maximum absolute atomic E-state index is 4.82. The van der Waals surface area contributed by atoms with Crippen molar-refractivity contribution in [2.75, 3.05) is 42.3 Å². The van der Waals surface area contributed by atoms with E-state index in [0.29, 0.717) is 0 Å². The van der Waals surface area contributed by atoms with Crippen LogP contribution in [0.4, 0.5) is 0 Å². The molecule has 0 fully saturated rings. The third-order valence-electron chi connectivity index (χ3n) is 0.671. The molecule has 0 aromatic heterocycles. The van der Waals surface area contributed by atoms with E-state index in [4.69, 9.17) is 4.65 Å². The van der Waals surface area contributed by atoms with Gasteiger partial charge in [0.25, 0.3) is 0 Å². The van der Waals surface area contributed by atoms with Gasteiger partial charge in [0.2, 0.25) is 0 Å². The van der Waals surface area contributed by atoms with Crippen molar-refractivity contribution in [3.63, 3.8) is 0 Å². The third-order valence-corrected chi connectivity index (χ3v) is 6.04. The first kappa shape index (κ1) is 32.1. The summed E-state index contributed by atoms with van der Waals surface area (Å²) in [5.74, 6) is 0. The van der Waals surface area contributed by atoms with E-state index in [2.05, 4.69) is 55.2 Å². The summed E-state index contributed by atoms with van der Waals surface area (Å²) in [6, 6.07) is 0. The van der Waals surface area contributed by atoms with Gasteiger partial charge >= 0.3 is 21.1 Å². The number of rotatable bonds is 2. The van der Waals surface area contributed by atoms with Crippen molar-refractivity contribution in [3.8, 4) is 0 Å². The first-order valence-electron chi connectivity index (χ1n) is 6.13. The molecule has 0 unspecified atom stereocenters. The van der Waals surface area contributed by atoms with E-state index in [1.807, 2.05) is 0 Å². The van der Waals surface area contributed by atoms with Crippen molar-refractivity contribution in [1.82, 2.24) is 0 Å². The van der Waals surface area contributed by atoms with E-state index < -0.39 is 16.5 Å². The average molecular weight is 389 g/mol. The second-order valence-electron chi connectivity index (χ2n) is 5.80. The molecule has 118 valence electrons. The molecule has 0 aliphatic heterocycles. The van der Waals surface area contributed by atoms with Gasteiger partial charge in [-0.15, -0.1) is 0 Å². The molecule has 0 heterocycles. The molecule has 0 rings (SSSR count). The predicted molar refractivity (Wildman–Crippen MR) is 95.7 cm³/mol. The first-order chi connectivity index (χ1) is 7.95. The molecule has 7 heteroatoms. The third kappa shape index (κ3) is 113. The van der Waals surface area contributed by atoms with Crippen LogP contribution in [0.25, 0.3) is 20.6 Å². The standard InChI is InChI=1S/C6H18NSi2.3C2H6N.Mo/c1-8(2,3)7-9(4,5)6;3*1-3-2;/h1-6H3;3*1-2H3;/q4*-1;+4. The van der Waals surface area contributed by atoms with Gasteiger partial charge in [-0.1, -0.05) is 55.8 Å². The van der Waals surface area contributed by atoms with Crippen molar-refractivity contribution >= 4 is 16.5 Å². The molecular formula is C12H36MoN4Si2. The molecular weight excluding hydrogens is 352 g/mol. The molecule has 0 saturated carbocycles. The molecule has 0 saturated heterocycles. The molecule has 0 aromatic rings. The van der Waals surface area contributed by atoms with Crippen LogP contribution in [0, 0.1) is 0 Å². The van der Waals surface area contributed by atoms with Gasteiger partial charge in [-0.05, 0) is 0 Å². The predicted octanol–water partition coefficient (Wildman–Crippen LogP) is 4.89. The van der Waals surface area contributed by atoms with Crippen LogP contribution < -0.4 is 0 Å². The van der Waals surface area contributed by atoms with Crippen LogP contribution in [-0.2, 0) is 21.1 Å². The van der Waals surface area contributed by atoms with Crippen LogP contribution in [-0.4, -0.2) is 58.8 Å². The number of hydrogen-bond donors (Lipinski definition) is 0. The minimum atomic E-state index is -1.11. The molecule has 0 aliphatic rings. The topological polar surface area (TPSA) is 56.4 Å². The van der Waals surface area contributed by atoms with Gasteiger partial charge in [-0.3, -0.25) is 0 Å². The Morgan fingerprint density at radius 1 is 0.474 bits per heavy atom. The SMILES string of the molecule is C[N-]C.C[N-]C.C[N-]C.C[Si](C)(C)[N-][Si](C)(C)C.[Mo+4]. The Morgan fingerprint density at radius 2 is 0.579 bits per heavy atom. The summed E-state index contributed by atoms with van der Waals surface area (Å²) in [4.78, 5) is 0. The second-order valence-corrected chi connectivity index (χ2v) is 15.4. The van der Waals surface area contributed by atoms with Crippen LogP contribution in [0.15, 0.2) is 0 Å². The van der Waals surface area contributed by atoms with E-state index in [-0.39, 0.29) is 21.1 Å². The van der Waals surface area contributed by atoms with E-state index in [0.717, 1.165) is 0 Å². The maximum Gasteiger partial charge on any atom is 4.00 e. The molecule has 0 atom stereocenters. The van der Waals surface area contributed by atoms with Crippen LogP contribution in [0.5, 0.6) is 0 Å². The van der Waals surface area contributed by atoms with Crippen LogP contribution in [0.2, 0.25) is 39.3 Å². The minimum absolute atomic E-state index is 0. The summed E-state index contributed by atoms with van der Waals surface area (Å²) in [5.41, 5.74) is 0. The molecule has 0 aliphatic carbocycles. The Kier molecular flexibility index (Phi) is 35.9. The Morgan fingerprint density at radius 3 is 0.579 bits per heavy atom. The quantitative estimate of drug-likeness (QED) is 0.605. The Bertz CT molecular complexity index is 120. The minimum Gasteiger partial charge on any atom is -0.668 e. The van der Waals surface area contributed by atoms with Crippen LogP contribution >= 0.6 is 0 Å². The molecule has 0 amide bonds. The maximum atomic E-state index is 4.82. The fraction of sp³-hybridized carbons (Fsp3) is 1.00. The largest absolute Gasteiger partial charge is 4.00 e. The van der Waals surface area contributed by atoms with Crippen molar-refractivity contribution in [3.05, 3.63) is 20.6 Å². The molecule has 4 nitrogen and oxygen atoms in total. The van der Waals surface area contributed by atoms with Crippen molar-refractivity contribution in [2.24, 2.45) is 0 Å². The van der Waals surface area contributed by atoms with Crippen molar-refractivity contribution in [2.45, 2.75) is 39.3 Å². The first-order valence-corrected chi connectivity index (χ1v) is 13.0. The Balaban J connectivity index is -0.0000000548. The van der Waals surface area contributed by atoms with E-state index in [1.54, 1.807) is 42.3 Å². The molecule has 0 radical (unpaired) electrons. The summed E-state index contributed by atoms with van der Waals surface area (Å²) in [7, 11) is 8.29. The normalized spacial score (nSPS) is 9.47. The van der Waals surface area contributed by atoms with Gasteiger partial charge in [0.1, 0.15) is 0 Å². The van der Waals surface area contributed by atoms with Crippen molar-refractivity contribution < 1.29 is 21.1 Å². The Labute approximate surface area is 139 Å². The monoisotopic (exact) mass is 390 g/mol. The molecule has 19 heavy (non-hydrogen) atoms. The van der Waals surface area contributed by atoms with E-state index in [1.165, 1.54) is 0 Å². The summed E-state index contributed by atoms with van der Waals surface area (Å²) in [6.07, 6.45) is 0. The molecule has 0 bridgehead atoms. The fourth-order valence-corrected chi connectivity index (χ4v) is 9.06. The number of nitrogens with zero attached hydrogens (tertiary/aromatic N) is 4. The summed E-state index contributed by atoms with van der Waals surface area (Å²) in [5, 5.41) is 10.5. The van der Waals surface area contributed by atoms with Crippen LogP contribution in [0.1, 0.15) is 0 Å². The van der Waals surface area contributed by atoms with E-state index in [9.17, 15) is 0 Å². The van der Waals surface area contributed by atoms with Crippen LogP contribution in [0.3, 0.4) is 0 Å². The van der Waals surface area contributed by atoms with Gasteiger partial charge < -0.3 is 20.6 Å². The molecule has 0 spiro atoms. The summed E-state index contributed by atoms with van der Waals surface area (Å²) < 4.78 is 4.82. The van der Waals surface area contributed by atoms with Gasteiger partial charge in [0.05, 0.1) is 0 Å². The van der Waals surface area contributed by atoms with Crippen molar-refractivity contribution in [1.29, 1.82) is 0 Å². The summed E-state index contributed by atoms with van der Waals surface area (Å²) in [6.45, 7) is 13.8. The zero-order valence-electron chi connectivity index (χ0n) is 15.2. The second kappa shape index (κ2) is 21.3. The van der Waals surface area contributed by atoms with Gasteiger partial charge in [0.15, 0.2) is 0 Å². The van der Waals surface area contributed by atoms with Gasteiger partial charge in [-0.2, -0.15) is 42.3 Å². The zero-order valence-corrected chi connectivity index (χ0v) is 19.2. The average Bonchev–Trinajstić information content (AvgIpc) is 2.00. The summed E-state index contributed by atoms with van der Waals surface area (Å²) >= 11 is 0. The van der Waals surface area contributed by atoms with Gasteiger partial charge in [0, 0.05) is 0 Å². The molecule has 0 N–H and O–H groups in total. The smallest absolute Gasteiger partial charge is 0.668 e. The Hall–Kier alpha value is 0.962. The molecule has 0 aromatic carbocycles. The zero-order chi connectivity index (χ0) is 15.8. The fourth-order valence-electron chi connectivity index (χ4n) is 1.01. The number of hydrogen-bond acceptors (Lipinski definition) is 0. The van der Waals surface area contributed by atoms with E-state index >= 15 is 0 Å². The van der Waals surface area contributed by atoms with Gasteiger partial charge in [-0.25, -0.2) is 0 Å².